The van der Waals surface area contributed by atoms with Crippen LogP contribution in [0.25, 0.3) is 0 Å². The molecule has 64 valence electrons. The third-order valence-electron chi connectivity index (χ3n) is 2.41. The molecule has 1 fully saturated rings. The van der Waals surface area contributed by atoms with Crippen LogP contribution < -0.4 is 10.6 Å². The third-order valence-corrected chi connectivity index (χ3v) is 2.41. The van der Waals surface area contributed by atoms with Gasteiger partial charge in [0.25, 0.3) is 0 Å². The molecule has 0 aromatic heterocycles. The molecule has 1 rings (SSSR count). The minimum absolute atomic E-state index is 0.171. The van der Waals surface area contributed by atoms with Crippen molar-refractivity contribution in [1.82, 2.24) is 10.6 Å². The molecule has 1 aliphatic rings. The highest BCUT2D eigenvalue weighted by Gasteiger charge is 2.26. The van der Waals surface area contributed by atoms with Crippen molar-refractivity contribution in [3.63, 3.8) is 0 Å². The molecule has 0 unspecified atom stereocenters. The van der Waals surface area contributed by atoms with Crippen molar-refractivity contribution in [2.45, 2.75) is 13.3 Å². The molecule has 0 bridgehead atoms. The third kappa shape index (κ3) is 1.93. The molecule has 0 spiro atoms. The average Bonchev–Trinajstić information content (AvgIpc) is 2.04. The summed E-state index contributed by atoms with van der Waals surface area (Å²) in [6.07, 6.45) is 1.11. The van der Waals surface area contributed by atoms with Gasteiger partial charge < -0.3 is 10.6 Å². The first-order valence-electron chi connectivity index (χ1n) is 4.18. The normalized spacial score (nSPS) is 31.5. The fraction of sp³-hybridized carbons (Fsp3) is 0.875. The molecule has 1 saturated heterocycles. The van der Waals surface area contributed by atoms with Gasteiger partial charge in [-0.05, 0) is 18.9 Å². The lowest BCUT2D eigenvalue weighted by Crippen LogP contribution is -2.43. The van der Waals surface area contributed by atoms with Crippen LogP contribution in [-0.2, 0) is 4.79 Å². The van der Waals surface area contributed by atoms with Crippen molar-refractivity contribution in [3.8, 4) is 0 Å². The van der Waals surface area contributed by atoms with Crippen LogP contribution in [-0.4, -0.2) is 26.0 Å². The minimum atomic E-state index is 0.171. The van der Waals surface area contributed by atoms with E-state index in [-0.39, 0.29) is 11.8 Å². The smallest absolute Gasteiger partial charge is 0.224 e. The van der Waals surface area contributed by atoms with Gasteiger partial charge >= 0.3 is 0 Å². The minimum Gasteiger partial charge on any atom is -0.359 e. The van der Waals surface area contributed by atoms with E-state index in [1.807, 2.05) is 0 Å². The first-order valence-corrected chi connectivity index (χ1v) is 4.18. The van der Waals surface area contributed by atoms with Crippen LogP contribution in [0.4, 0.5) is 0 Å². The summed E-state index contributed by atoms with van der Waals surface area (Å²) in [7, 11) is 1.70. The van der Waals surface area contributed by atoms with Crippen molar-refractivity contribution in [3.05, 3.63) is 0 Å². The van der Waals surface area contributed by atoms with Crippen molar-refractivity contribution < 1.29 is 4.79 Å². The number of carbonyl (C=O) groups excluding carboxylic acids is 1. The monoisotopic (exact) mass is 156 g/mol. The van der Waals surface area contributed by atoms with Gasteiger partial charge in [0, 0.05) is 13.6 Å². The summed E-state index contributed by atoms with van der Waals surface area (Å²) in [4.78, 5) is 11.2. The summed E-state index contributed by atoms with van der Waals surface area (Å²) in [5, 5.41) is 5.91. The van der Waals surface area contributed by atoms with E-state index in [1.54, 1.807) is 7.05 Å². The van der Waals surface area contributed by atoms with E-state index >= 15 is 0 Å². The number of carbonyl (C=O) groups is 1. The van der Waals surface area contributed by atoms with Gasteiger partial charge in [0.05, 0.1) is 5.92 Å². The molecule has 2 atom stereocenters. The molecular weight excluding hydrogens is 140 g/mol. The van der Waals surface area contributed by atoms with Crippen molar-refractivity contribution in [2.75, 3.05) is 20.1 Å². The Hall–Kier alpha value is -0.570. The van der Waals surface area contributed by atoms with E-state index in [9.17, 15) is 4.79 Å². The fourth-order valence-corrected chi connectivity index (χ4v) is 1.53. The predicted molar refractivity (Wildman–Crippen MR) is 44.2 cm³/mol. The Morgan fingerprint density at radius 1 is 1.64 bits per heavy atom. The number of piperidine rings is 1. The molecule has 1 aliphatic heterocycles. The maximum absolute atomic E-state index is 11.2. The molecule has 3 nitrogen and oxygen atoms in total. The summed E-state index contributed by atoms with van der Waals surface area (Å²) >= 11 is 0. The zero-order valence-corrected chi connectivity index (χ0v) is 7.18. The van der Waals surface area contributed by atoms with Crippen molar-refractivity contribution >= 4 is 5.91 Å². The second kappa shape index (κ2) is 3.72. The molecule has 0 aliphatic carbocycles. The van der Waals surface area contributed by atoms with Crippen LogP contribution in [0.5, 0.6) is 0 Å². The van der Waals surface area contributed by atoms with Crippen LogP contribution in [0.15, 0.2) is 0 Å². The van der Waals surface area contributed by atoms with E-state index in [4.69, 9.17) is 0 Å². The first kappa shape index (κ1) is 8.53. The van der Waals surface area contributed by atoms with Crippen molar-refractivity contribution in [1.29, 1.82) is 0 Å². The molecule has 2 N–H and O–H groups in total. The zero-order chi connectivity index (χ0) is 8.27. The lowest BCUT2D eigenvalue weighted by atomic mass is 9.87. The number of rotatable bonds is 1. The molecule has 0 saturated carbocycles. The molecular formula is C8H16N2O. The molecule has 11 heavy (non-hydrogen) atoms. The zero-order valence-electron chi connectivity index (χ0n) is 7.18. The van der Waals surface area contributed by atoms with Crippen LogP contribution >= 0.6 is 0 Å². The summed E-state index contributed by atoms with van der Waals surface area (Å²) < 4.78 is 0. The number of nitrogens with one attached hydrogen (secondary N) is 2. The summed E-state index contributed by atoms with van der Waals surface area (Å²) in [6, 6.07) is 0. The van der Waals surface area contributed by atoms with Gasteiger partial charge in [0.2, 0.25) is 5.91 Å². The Morgan fingerprint density at radius 2 is 2.36 bits per heavy atom. The number of hydrogen-bond donors (Lipinski definition) is 2. The van der Waals surface area contributed by atoms with Crippen LogP contribution in [0.1, 0.15) is 13.3 Å². The van der Waals surface area contributed by atoms with E-state index in [2.05, 4.69) is 17.6 Å². The van der Waals surface area contributed by atoms with Crippen LogP contribution in [0, 0.1) is 11.8 Å². The Morgan fingerprint density at radius 3 is 2.91 bits per heavy atom. The summed E-state index contributed by atoms with van der Waals surface area (Å²) in [5.41, 5.74) is 0. The standard InChI is InChI=1S/C8H16N2O/c1-6-3-4-10-5-7(6)8(11)9-2/h6-7,10H,3-5H2,1-2H3,(H,9,11)/t6-,7+/m1/s1. The molecule has 0 aromatic rings. The summed E-state index contributed by atoms with van der Waals surface area (Å²) in [5.74, 6) is 0.870. The fourth-order valence-electron chi connectivity index (χ4n) is 1.53. The van der Waals surface area contributed by atoms with Gasteiger partial charge in [-0.3, -0.25) is 4.79 Å². The van der Waals surface area contributed by atoms with Crippen LogP contribution in [0.3, 0.4) is 0 Å². The highest BCUT2D eigenvalue weighted by molar-refractivity contribution is 5.78. The van der Waals surface area contributed by atoms with Crippen molar-refractivity contribution in [2.24, 2.45) is 11.8 Å². The highest BCUT2D eigenvalue weighted by atomic mass is 16.1. The Balaban J connectivity index is 2.47. The van der Waals surface area contributed by atoms with E-state index in [1.165, 1.54) is 0 Å². The van der Waals surface area contributed by atoms with Gasteiger partial charge in [-0.1, -0.05) is 6.92 Å². The van der Waals surface area contributed by atoms with Gasteiger partial charge in [0.1, 0.15) is 0 Å². The van der Waals surface area contributed by atoms with Gasteiger partial charge in [-0.15, -0.1) is 0 Å². The predicted octanol–water partition coefficient (Wildman–Crippen LogP) is -0.0220. The number of amides is 1. The quantitative estimate of drug-likeness (QED) is 0.560. The Kier molecular flexibility index (Phi) is 2.88. The van der Waals surface area contributed by atoms with E-state index < -0.39 is 0 Å². The first-order chi connectivity index (χ1) is 5.25. The second-order valence-corrected chi connectivity index (χ2v) is 3.19. The van der Waals surface area contributed by atoms with Gasteiger partial charge in [-0.25, -0.2) is 0 Å². The molecule has 1 heterocycles. The lowest BCUT2D eigenvalue weighted by molar-refractivity contribution is -0.126. The maximum Gasteiger partial charge on any atom is 0.224 e. The van der Waals surface area contributed by atoms with Gasteiger partial charge in [-0.2, -0.15) is 0 Å². The topological polar surface area (TPSA) is 41.1 Å². The van der Waals surface area contributed by atoms with Crippen LogP contribution in [0.2, 0.25) is 0 Å². The molecule has 1 amide bonds. The molecule has 0 radical (unpaired) electrons. The molecule has 3 heteroatoms. The largest absolute Gasteiger partial charge is 0.359 e. The Bertz CT molecular complexity index is 147. The van der Waals surface area contributed by atoms with E-state index in [0.717, 1.165) is 19.5 Å². The average molecular weight is 156 g/mol. The lowest BCUT2D eigenvalue weighted by Gasteiger charge is -2.27. The van der Waals surface area contributed by atoms with E-state index in [0.29, 0.717) is 5.92 Å². The SMILES string of the molecule is CNC(=O)[C@H]1CNCC[C@H]1C. The number of hydrogen-bond acceptors (Lipinski definition) is 2. The maximum atomic E-state index is 11.2. The second-order valence-electron chi connectivity index (χ2n) is 3.19. The highest BCUT2D eigenvalue weighted by Crippen LogP contribution is 2.17. The Labute approximate surface area is 67.5 Å². The van der Waals surface area contributed by atoms with Gasteiger partial charge in [0.15, 0.2) is 0 Å². The molecule has 0 aromatic carbocycles. The summed E-state index contributed by atoms with van der Waals surface area (Å²) in [6.45, 7) is 4.02.